The summed E-state index contributed by atoms with van der Waals surface area (Å²) in [7, 11) is -0.357. The van der Waals surface area contributed by atoms with Crippen LogP contribution in [0.15, 0.2) is 29.2 Å². The lowest BCUT2D eigenvalue weighted by Crippen LogP contribution is -2.33. The number of likely N-dealkylation sites (N-methyl/N-ethyl adjacent to an activating group) is 1. The molecule has 0 saturated heterocycles. The first-order valence-electron chi connectivity index (χ1n) is 5.30. The largest absolute Gasteiger partial charge is 0.394 e. The molecule has 0 aliphatic carbocycles. The highest BCUT2D eigenvalue weighted by Gasteiger charge is 2.20. The molecule has 0 radical (unpaired) electrons. The summed E-state index contributed by atoms with van der Waals surface area (Å²) in [4.78, 5) is 1.95. The predicted molar refractivity (Wildman–Crippen MR) is 67.6 cm³/mol. The fourth-order valence-electron chi connectivity index (χ4n) is 1.45. The van der Waals surface area contributed by atoms with Gasteiger partial charge in [0.1, 0.15) is 4.90 Å². The summed E-state index contributed by atoms with van der Waals surface area (Å²) >= 11 is 0. The summed E-state index contributed by atoms with van der Waals surface area (Å²) in [6.45, 7) is 1.78. The van der Waals surface area contributed by atoms with E-state index in [-0.39, 0.29) is 17.5 Å². The number of hydrogen-bond donors (Lipinski definition) is 2. The highest BCUT2D eigenvalue weighted by atomic mass is 32.2. The number of nitrogens with one attached hydrogen (secondary N) is 1. The minimum Gasteiger partial charge on any atom is -0.394 e. The summed E-state index contributed by atoms with van der Waals surface area (Å²) in [5, 5.41) is 9.11. The smallest absolute Gasteiger partial charge is 0.242 e. The van der Waals surface area contributed by atoms with Gasteiger partial charge in [-0.25, -0.2) is 13.1 Å². The van der Waals surface area contributed by atoms with Crippen molar-refractivity contribution in [2.75, 3.05) is 25.6 Å². The van der Waals surface area contributed by atoms with Gasteiger partial charge in [-0.3, -0.25) is 0 Å². The summed E-state index contributed by atoms with van der Waals surface area (Å²) in [5.74, 6) is 0. The van der Waals surface area contributed by atoms with E-state index in [4.69, 9.17) is 5.11 Å². The van der Waals surface area contributed by atoms with E-state index >= 15 is 0 Å². The van der Waals surface area contributed by atoms with E-state index in [2.05, 4.69) is 4.72 Å². The maximum atomic E-state index is 11.8. The Bertz CT molecular complexity index is 473. The van der Waals surface area contributed by atoms with Crippen LogP contribution in [0.3, 0.4) is 0 Å². The summed E-state index contributed by atoms with van der Waals surface area (Å²) in [6, 6.07) is 6.55. The quantitative estimate of drug-likeness (QED) is 0.802. The third kappa shape index (κ3) is 2.96. The zero-order valence-corrected chi connectivity index (χ0v) is 11.0. The van der Waals surface area contributed by atoms with E-state index in [0.717, 1.165) is 0 Å². The van der Waals surface area contributed by atoms with Crippen molar-refractivity contribution >= 4 is 15.7 Å². The molecule has 0 aromatic heterocycles. The SMILES string of the molecule is CNS(=O)(=O)c1ccccc1N(C)C(C)CO. The van der Waals surface area contributed by atoms with Crippen molar-refractivity contribution < 1.29 is 13.5 Å². The molecule has 0 spiro atoms. The van der Waals surface area contributed by atoms with E-state index in [0.29, 0.717) is 5.69 Å². The molecule has 6 heteroatoms. The van der Waals surface area contributed by atoms with Crippen molar-refractivity contribution in [2.45, 2.75) is 17.9 Å². The zero-order valence-electron chi connectivity index (χ0n) is 10.2. The van der Waals surface area contributed by atoms with Crippen LogP contribution in [-0.2, 0) is 10.0 Å². The molecular formula is C11H18N2O3S. The third-order valence-electron chi connectivity index (χ3n) is 2.73. The molecule has 5 nitrogen and oxygen atoms in total. The van der Waals surface area contributed by atoms with E-state index in [1.54, 1.807) is 36.2 Å². The molecule has 0 heterocycles. The van der Waals surface area contributed by atoms with Crippen molar-refractivity contribution in [1.29, 1.82) is 0 Å². The van der Waals surface area contributed by atoms with Gasteiger partial charge in [0.2, 0.25) is 10.0 Å². The average Bonchev–Trinajstić information content (AvgIpc) is 2.36. The molecule has 2 N–H and O–H groups in total. The standard InChI is InChI=1S/C11H18N2O3S/c1-9(8-14)13(3)10-6-4-5-7-11(10)17(15,16)12-2/h4-7,9,12,14H,8H2,1-3H3. The number of sulfonamides is 1. The Kier molecular flexibility index (Phi) is 4.50. The topological polar surface area (TPSA) is 69.6 Å². The van der Waals surface area contributed by atoms with Crippen molar-refractivity contribution in [2.24, 2.45) is 0 Å². The summed E-state index contributed by atoms with van der Waals surface area (Å²) < 4.78 is 26.0. The van der Waals surface area contributed by atoms with Crippen LogP contribution in [0.1, 0.15) is 6.92 Å². The van der Waals surface area contributed by atoms with Gasteiger partial charge in [0.05, 0.1) is 12.3 Å². The second-order valence-electron chi connectivity index (χ2n) is 3.82. The van der Waals surface area contributed by atoms with Crippen molar-refractivity contribution in [3.8, 4) is 0 Å². The third-order valence-corrected chi connectivity index (χ3v) is 4.19. The second kappa shape index (κ2) is 5.48. The van der Waals surface area contributed by atoms with Crippen molar-refractivity contribution in [3.63, 3.8) is 0 Å². The minimum absolute atomic E-state index is 0.0373. The van der Waals surface area contributed by atoms with Gasteiger partial charge >= 0.3 is 0 Å². The molecule has 1 aromatic carbocycles. The maximum Gasteiger partial charge on any atom is 0.242 e. The van der Waals surface area contributed by atoms with Crippen LogP contribution in [0.5, 0.6) is 0 Å². The van der Waals surface area contributed by atoms with E-state index in [1.807, 2.05) is 6.92 Å². The molecule has 0 aliphatic rings. The summed E-state index contributed by atoms with van der Waals surface area (Å²) in [6.07, 6.45) is 0. The molecule has 0 amide bonds. The fourth-order valence-corrected chi connectivity index (χ4v) is 2.41. The van der Waals surface area contributed by atoms with Crippen molar-refractivity contribution in [1.82, 2.24) is 4.72 Å². The predicted octanol–water partition coefficient (Wildman–Crippen LogP) is 0.412. The second-order valence-corrected chi connectivity index (χ2v) is 5.67. The van der Waals surface area contributed by atoms with Gasteiger partial charge in [0, 0.05) is 13.1 Å². The van der Waals surface area contributed by atoms with Gasteiger partial charge in [0.15, 0.2) is 0 Å². The lowest BCUT2D eigenvalue weighted by atomic mass is 10.2. The van der Waals surface area contributed by atoms with Crippen LogP contribution in [0, 0.1) is 0 Å². The fraction of sp³-hybridized carbons (Fsp3) is 0.455. The van der Waals surface area contributed by atoms with Crippen LogP contribution >= 0.6 is 0 Å². The first-order chi connectivity index (χ1) is 7.94. The molecule has 1 rings (SSSR count). The Morgan fingerprint density at radius 2 is 2.00 bits per heavy atom. The van der Waals surface area contributed by atoms with E-state index in [9.17, 15) is 8.42 Å². The maximum absolute atomic E-state index is 11.8. The summed E-state index contributed by atoms with van der Waals surface area (Å²) in [5.41, 5.74) is 0.573. The molecular weight excluding hydrogens is 240 g/mol. The van der Waals surface area contributed by atoms with E-state index in [1.165, 1.54) is 7.05 Å². The first kappa shape index (κ1) is 14.0. The lowest BCUT2D eigenvalue weighted by Gasteiger charge is -2.27. The molecule has 17 heavy (non-hydrogen) atoms. The Labute approximate surface area is 102 Å². The normalized spacial score (nSPS) is 13.4. The highest BCUT2D eigenvalue weighted by Crippen LogP contribution is 2.24. The lowest BCUT2D eigenvalue weighted by molar-refractivity contribution is 0.270. The number of nitrogens with zero attached hydrogens (tertiary/aromatic N) is 1. The Morgan fingerprint density at radius 1 is 1.41 bits per heavy atom. The molecule has 1 atom stereocenters. The Morgan fingerprint density at radius 3 is 2.53 bits per heavy atom. The van der Waals surface area contributed by atoms with Crippen LogP contribution < -0.4 is 9.62 Å². The number of para-hydroxylation sites is 1. The highest BCUT2D eigenvalue weighted by molar-refractivity contribution is 7.89. The molecule has 1 unspecified atom stereocenters. The van der Waals surface area contributed by atoms with Crippen molar-refractivity contribution in [3.05, 3.63) is 24.3 Å². The first-order valence-corrected chi connectivity index (χ1v) is 6.78. The van der Waals surface area contributed by atoms with Gasteiger partial charge < -0.3 is 10.0 Å². The molecule has 0 aliphatic heterocycles. The average molecular weight is 258 g/mol. The number of aliphatic hydroxyl groups is 1. The van der Waals surface area contributed by atoms with Gasteiger partial charge in [-0.05, 0) is 26.1 Å². The number of benzene rings is 1. The molecule has 96 valence electrons. The molecule has 0 saturated carbocycles. The Balaban J connectivity index is 3.26. The molecule has 1 aromatic rings. The number of aliphatic hydroxyl groups excluding tert-OH is 1. The monoisotopic (exact) mass is 258 g/mol. The minimum atomic E-state index is -3.49. The van der Waals surface area contributed by atoms with Gasteiger partial charge in [0.25, 0.3) is 0 Å². The molecule has 0 fully saturated rings. The number of rotatable bonds is 5. The number of hydrogen-bond acceptors (Lipinski definition) is 4. The van der Waals surface area contributed by atoms with Crippen LogP contribution in [-0.4, -0.2) is 40.3 Å². The van der Waals surface area contributed by atoms with Crippen LogP contribution in [0.4, 0.5) is 5.69 Å². The van der Waals surface area contributed by atoms with Crippen LogP contribution in [0.25, 0.3) is 0 Å². The van der Waals surface area contributed by atoms with Gasteiger partial charge in [-0.2, -0.15) is 0 Å². The van der Waals surface area contributed by atoms with Gasteiger partial charge in [-0.1, -0.05) is 12.1 Å². The van der Waals surface area contributed by atoms with Crippen LogP contribution in [0.2, 0.25) is 0 Å². The molecule has 0 bridgehead atoms. The Hall–Kier alpha value is -1.11. The zero-order chi connectivity index (χ0) is 13.1. The van der Waals surface area contributed by atoms with E-state index < -0.39 is 10.0 Å². The van der Waals surface area contributed by atoms with Gasteiger partial charge in [-0.15, -0.1) is 0 Å². The number of anilines is 1.